The molecule has 1 nitrogen and oxygen atoms in total. The zero-order valence-electron chi connectivity index (χ0n) is 13.7. The third-order valence-electron chi connectivity index (χ3n) is 4.23. The van der Waals surface area contributed by atoms with Crippen LogP contribution in [0.15, 0.2) is 4.99 Å². The second-order valence-electron chi connectivity index (χ2n) is 6.21. The van der Waals surface area contributed by atoms with Crippen LogP contribution in [0.5, 0.6) is 0 Å². The Morgan fingerprint density at radius 3 is 1.70 bits per heavy atom. The monoisotopic (exact) mass is 298 g/mol. The topological polar surface area (TPSA) is 12.4 Å². The smallest absolute Gasteiger partial charge is 0.101 e. The Hall–Kier alpha value is 0.0200. The predicted octanol–water partition coefficient (Wildman–Crippen LogP) is 6.00. The van der Waals surface area contributed by atoms with Crippen molar-refractivity contribution < 1.29 is 0 Å². The zero-order valence-corrected chi connectivity index (χ0v) is 14.6. The molecule has 1 radical (unpaired) electrons. The SMILES string of the molecule is CCCCCCCCCCCCCCC[SH]1[C]=NCC1. The van der Waals surface area contributed by atoms with Crippen LogP contribution < -0.4 is 0 Å². The summed E-state index contributed by atoms with van der Waals surface area (Å²) in [4.78, 5) is 4.22. The molecule has 1 rings (SSSR count). The van der Waals surface area contributed by atoms with Gasteiger partial charge in [0, 0.05) is 6.54 Å². The molecule has 0 aromatic rings. The minimum atomic E-state index is 0.0990. The molecule has 1 unspecified atom stereocenters. The molecule has 0 spiro atoms. The first-order valence-electron chi connectivity index (χ1n) is 9.10. The Balaban J connectivity index is 1.67. The van der Waals surface area contributed by atoms with Gasteiger partial charge in [0.25, 0.3) is 0 Å². The Bertz CT molecular complexity index is 227. The van der Waals surface area contributed by atoms with Crippen LogP contribution in [0.25, 0.3) is 0 Å². The largest absolute Gasteiger partial charge is 0.277 e. The molecule has 0 aliphatic carbocycles. The Kier molecular flexibility index (Phi) is 12.6. The van der Waals surface area contributed by atoms with Gasteiger partial charge in [0.15, 0.2) is 0 Å². The fraction of sp³-hybridized carbons (Fsp3) is 0.944. The van der Waals surface area contributed by atoms with Crippen LogP contribution in [0.2, 0.25) is 0 Å². The van der Waals surface area contributed by atoms with E-state index in [2.05, 4.69) is 17.5 Å². The van der Waals surface area contributed by atoms with Gasteiger partial charge >= 0.3 is 0 Å². The van der Waals surface area contributed by atoms with E-state index in [1.54, 1.807) is 0 Å². The average Bonchev–Trinajstić information content (AvgIpc) is 2.97. The van der Waals surface area contributed by atoms with E-state index in [1.165, 1.54) is 95.0 Å². The number of thiol groups is 1. The van der Waals surface area contributed by atoms with E-state index in [0.29, 0.717) is 0 Å². The van der Waals surface area contributed by atoms with Crippen molar-refractivity contribution in [1.29, 1.82) is 0 Å². The molecule has 0 aromatic carbocycles. The lowest BCUT2D eigenvalue weighted by molar-refractivity contribution is 0.543. The van der Waals surface area contributed by atoms with E-state index in [9.17, 15) is 0 Å². The summed E-state index contributed by atoms with van der Waals surface area (Å²) in [6, 6.07) is 0. The van der Waals surface area contributed by atoms with Crippen LogP contribution in [0.3, 0.4) is 0 Å². The van der Waals surface area contributed by atoms with Gasteiger partial charge in [0.1, 0.15) is 5.55 Å². The summed E-state index contributed by atoms with van der Waals surface area (Å²) < 4.78 is 0. The van der Waals surface area contributed by atoms with Crippen molar-refractivity contribution in [2.45, 2.75) is 90.4 Å². The summed E-state index contributed by atoms with van der Waals surface area (Å²) in [5.41, 5.74) is 3.29. The lowest BCUT2D eigenvalue weighted by Crippen LogP contribution is -1.92. The van der Waals surface area contributed by atoms with Crippen LogP contribution in [0.4, 0.5) is 0 Å². The van der Waals surface area contributed by atoms with Crippen LogP contribution in [-0.4, -0.2) is 23.6 Å². The minimum Gasteiger partial charge on any atom is -0.277 e. The molecular formula is C18H36NS. The Labute approximate surface area is 130 Å². The number of hydrogen-bond donors (Lipinski definition) is 1. The highest BCUT2D eigenvalue weighted by Crippen LogP contribution is 2.27. The van der Waals surface area contributed by atoms with Gasteiger partial charge < -0.3 is 0 Å². The highest BCUT2D eigenvalue weighted by atomic mass is 32.2. The maximum absolute atomic E-state index is 4.22. The van der Waals surface area contributed by atoms with Crippen LogP contribution in [0, 0.1) is 0 Å². The average molecular weight is 299 g/mol. The third-order valence-corrected chi connectivity index (χ3v) is 6.25. The van der Waals surface area contributed by atoms with Crippen molar-refractivity contribution in [3.63, 3.8) is 0 Å². The normalized spacial score (nSPS) is 19.8. The number of hydrogen-bond acceptors (Lipinski definition) is 1. The maximum atomic E-state index is 4.22. The number of nitrogens with zero attached hydrogens (tertiary/aromatic N) is 1. The maximum Gasteiger partial charge on any atom is 0.101 e. The van der Waals surface area contributed by atoms with Gasteiger partial charge in [-0.1, -0.05) is 84.0 Å². The first kappa shape index (κ1) is 18.1. The molecule has 0 saturated carbocycles. The second-order valence-corrected chi connectivity index (χ2v) is 8.39. The molecule has 20 heavy (non-hydrogen) atoms. The summed E-state index contributed by atoms with van der Waals surface area (Å²) >= 11 is 0. The minimum absolute atomic E-state index is 0.0990. The van der Waals surface area contributed by atoms with Gasteiger partial charge in [-0.3, -0.25) is 4.99 Å². The first-order chi connectivity index (χ1) is 9.93. The Morgan fingerprint density at radius 1 is 0.750 bits per heavy atom. The van der Waals surface area contributed by atoms with E-state index in [-0.39, 0.29) is 10.9 Å². The van der Waals surface area contributed by atoms with Gasteiger partial charge in [-0.15, -0.1) is 0 Å². The fourth-order valence-corrected chi connectivity index (χ4v) is 4.52. The number of aliphatic imine (C=N–C) groups is 1. The molecule has 0 aromatic heterocycles. The molecule has 0 amide bonds. The predicted molar refractivity (Wildman–Crippen MR) is 96.7 cm³/mol. The zero-order chi connectivity index (χ0) is 14.3. The molecule has 1 aliphatic heterocycles. The molecule has 2 heteroatoms. The summed E-state index contributed by atoms with van der Waals surface area (Å²) in [7, 11) is 0.0990. The van der Waals surface area contributed by atoms with Crippen LogP contribution >= 0.6 is 10.9 Å². The van der Waals surface area contributed by atoms with Crippen molar-refractivity contribution in [3.05, 3.63) is 0 Å². The standard InChI is InChI=1S/C18H36NS/c1-2-3-4-5-6-7-8-9-10-11-12-13-14-16-20-17-15-19-18-20/h20H,2-17H2,1H3. The molecule has 0 fully saturated rings. The van der Waals surface area contributed by atoms with Gasteiger partial charge in [-0.25, -0.2) is 10.9 Å². The van der Waals surface area contributed by atoms with Crippen molar-refractivity contribution in [2.75, 3.05) is 18.1 Å². The van der Waals surface area contributed by atoms with E-state index >= 15 is 0 Å². The van der Waals surface area contributed by atoms with Crippen molar-refractivity contribution >= 4 is 16.4 Å². The summed E-state index contributed by atoms with van der Waals surface area (Å²) in [6.07, 6.45) is 18.9. The quantitative estimate of drug-likeness (QED) is 0.298. The van der Waals surface area contributed by atoms with Gasteiger partial charge in [0.2, 0.25) is 0 Å². The van der Waals surface area contributed by atoms with Crippen molar-refractivity contribution in [2.24, 2.45) is 4.99 Å². The van der Waals surface area contributed by atoms with Crippen molar-refractivity contribution in [3.8, 4) is 0 Å². The summed E-state index contributed by atoms with van der Waals surface area (Å²) in [6.45, 7) is 3.35. The molecule has 1 aliphatic rings. The number of unbranched alkanes of at least 4 members (excludes halogenated alkanes) is 12. The van der Waals surface area contributed by atoms with E-state index in [1.807, 2.05) is 0 Å². The van der Waals surface area contributed by atoms with E-state index < -0.39 is 0 Å². The molecule has 119 valence electrons. The summed E-state index contributed by atoms with van der Waals surface area (Å²) in [5.74, 6) is 2.73. The van der Waals surface area contributed by atoms with Crippen molar-refractivity contribution in [1.82, 2.24) is 0 Å². The molecular weight excluding hydrogens is 262 g/mol. The van der Waals surface area contributed by atoms with E-state index in [0.717, 1.165) is 6.54 Å². The molecule has 0 N–H and O–H groups in total. The highest BCUT2D eigenvalue weighted by molar-refractivity contribution is 8.28. The molecule has 0 saturated heterocycles. The molecule has 1 atom stereocenters. The molecule has 0 bridgehead atoms. The van der Waals surface area contributed by atoms with E-state index in [4.69, 9.17) is 0 Å². The van der Waals surface area contributed by atoms with Gasteiger partial charge in [0.05, 0.1) is 0 Å². The molecule has 1 heterocycles. The van der Waals surface area contributed by atoms with Crippen LogP contribution in [-0.2, 0) is 0 Å². The first-order valence-corrected chi connectivity index (χ1v) is 10.8. The van der Waals surface area contributed by atoms with Gasteiger partial charge in [-0.05, 0) is 17.9 Å². The lowest BCUT2D eigenvalue weighted by atomic mass is 10.1. The number of rotatable bonds is 14. The Morgan fingerprint density at radius 2 is 1.25 bits per heavy atom. The fourth-order valence-electron chi connectivity index (χ4n) is 2.85. The summed E-state index contributed by atoms with van der Waals surface area (Å²) in [5, 5.41) is 0. The van der Waals surface area contributed by atoms with Crippen LogP contribution in [0.1, 0.15) is 90.4 Å². The highest BCUT2D eigenvalue weighted by Gasteiger charge is 2.05. The lowest BCUT2D eigenvalue weighted by Gasteiger charge is -2.09. The second kappa shape index (κ2) is 14.0. The van der Waals surface area contributed by atoms with Gasteiger partial charge in [-0.2, -0.15) is 0 Å². The third kappa shape index (κ3) is 10.8.